The molecule has 2 rings (SSSR count). The van der Waals surface area contributed by atoms with Crippen molar-refractivity contribution >= 4 is 11.9 Å². The standard InChI is InChI=1S/C21H24FNO3/c1-21(2,3)17-10-8-16(9-11-17)20(25)26-14-19(24)23(4)13-15-6-5-7-18(22)12-15/h5-12H,13-14H2,1-4H3. The van der Waals surface area contributed by atoms with Gasteiger partial charge in [0.05, 0.1) is 5.56 Å². The van der Waals surface area contributed by atoms with Crippen molar-refractivity contribution in [2.45, 2.75) is 32.7 Å². The minimum atomic E-state index is -0.544. The Kier molecular flexibility index (Phi) is 6.14. The monoisotopic (exact) mass is 357 g/mol. The molecule has 0 aliphatic heterocycles. The predicted octanol–water partition coefficient (Wildman–Crippen LogP) is 3.94. The van der Waals surface area contributed by atoms with E-state index in [0.29, 0.717) is 11.1 Å². The maximum absolute atomic E-state index is 13.2. The zero-order chi connectivity index (χ0) is 19.3. The quantitative estimate of drug-likeness (QED) is 0.762. The van der Waals surface area contributed by atoms with Gasteiger partial charge in [-0.15, -0.1) is 0 Å². The van der Waals surface area contributed by atoms with Gasteiger partial charge >= 0.3 is 5.97 Å². The minimum Gasteiger partial charge on any atom is -0.452 e. The van der Waals surface area contributed by atoms with Crippen LogP contribution in [0.2, 0.25) is 0 Å². The maximum Gasteiger partial charge on any atom is 0.338 e. The average molecular weight is 357 g/mol. The molecule has 0 heterocycles. The van der Waals surface area contributed by atoms with E-state index in [2.05, 4.69) is 20.8 Å². The Labute approximate surface area is 153 Å². The van der Waals surface area contributed by atoms with Crippen LogP contribution in [0.15, 0.2) is 48.5 Å². The summed E-state index contributed by atoms with van der Waals surface area (Å²) >= 11 is 0. The zero-order valence-corrected chi connectivity index (χ0v) is 15.6. The van der Waals surface area contributed by atoms with E-state index in [4.69, 9.17) is 4.74 Å². The third-order valence-electron chi connectivity index (χ3n) is 4.05. The van der Waals surface area contributed by atoms with Gasteiger partial charge in [-0.3, -0.25) is 4.79 Å². The van der Waals surface area contributed by atoms with Crippen molar-refractivity contribution in [2.75, 3.05) is 13.7 Å². The predicted molar refractivity (Wildman–Crippen MR) is 98.3 cm³/mol. The SMILES string of the molecule is CN(Cc1cccc(F)c1)C(=O)COC(=O)c1ccc(C(C)(C)C)cc1. The van der Waals surface area contributed by atoms with Gasteiger partial charge in [0, 0.05) is 13.6 Å². The molecule has 0 saturated carbocycles. The molecule has 0 radical (unpaired) electrons. The lowest BCUT2D eigenvalue weighted by Gasteiger charge is -2.19. The van der Waals surface area contributed by atoms with Crippen molar-refractivity contribution < 1.29 is 18.7 Å². The van der Waals surface area contributed by atoms with Gasteiger partial charge in [0.2, 0.25) is 0 Å². The van der Waals surface area contributed by atoms with Crippen molar-refractivity contribution in [1.29, 1.82) is 0 Å². The highest BCUT2D eigenvalue weighted by Gasteiger charge is 2.16. The molecule has 0 bridgehead atoms. The van der Waals surface area contributed by atoms with E-state index in [0.717, 1.165) is 5.56 Å². The molecule has 0 saturated heterocycles. The molecule has 2 aromatic rings. The van der Waals surface area contributed by atoms with E-state index in [9.17, 15) is 14.0 Å². The summed E-state index contributed by atoms with van der Waals surface area (Å²) in [4.78, 5) is 25.6. The van der Waals surface area contributed by atoms with Crippen LogP contribution in [0.4, 0.5) is 4.39 Å². The Morgan fingerprint density at radius 2 is 1.73 bits per heavy atom. The van der Waals surface area contributed by atoms with Crippen molar-refractivity contribution in [3.63, 3.8) is 0 Å². The van der Waals surface area contributed by atoms with E-state index in [1.165, 1.54) is 17.0 Å². The Morgan fingerprint density at radius 3 is 2.31 bits per heavy atom. The summed E-state index contributed by atoms with van der Waals surface area (Å²) in [5.74, 6) is -1.25. The lowest BCUT2D eigenvalue weighted by Crippen LogP contribution is -2.30. The van der Waals surface area contributed by atoms with E-state index in [1.54, 1.807) is 31.3 Å². The number of likely N-dealkylation sites (N-methyl/N-ethyl adjacent to an activating group) is 1. The molecule has 0 aliphatic carbocycles. The molecule has 1 amide bonds. The number of rotatable bonds is 5. The first-order chi connectivity index (χ1) is 12.2. The molecule has 138 valence electrons. The summed E-state index contributed by atoms with van der Waals surface area (Å²) in [6.07, 6.45) is 0. The number of ether oxygens (including phenoxy) is 1. The van der Waals surface area contributed by atoms with Gasteiger partial charge in [-0.25, -0.2) is 9.18 Å². The Hall–Kier alpha value is -2.69. The highest BCUT2D eigenvalue weighted by molar-refractivity contribution is 5.91. The van der Waals surface area contributed by atoms with Crippen LogP contribution in [0.25, 0.3) is 0 Å². The number of carbonyl (C=O) groups excluding carboxylic acids is 2. The fourth-order valence-corrected chi connectivity index (χ4v) is 2.42. The van der Waals surface area contributed by atoms with E-state index < -0.39 is 5.97 Å². The summed E-state index contributed by atoms with van der Waals surface area (Å²) in [6.45, 7) is 6.16. The smallest absolute Gasteiger partial charge is 0.338 e. The highest BCUT2D eigenvalue weighted by atomic mass is 19.1. The van der Waals surface area contributed by atoms with Gasteiger partial charge in [-0.1, -0.05) is 45.0 Å². The highest BCUT2D eigenvalue weighted by Crippen LogP contribution is 2.22. The number of halogens is 1. The van der Waals surface area contributed by atoms with Gasteiger partial charge in [-0.05, 0) is 40.8 Å². The molecule has 0 aliphatic rings. The number of hydrogen-bond acceptors (Lipinski definition) is 3. The Morgan fingerprint density at radius 1 is 1.08 bits per heavy atom. The summed E-state index contributed by atoms with van der Waals surface area (Å²) in [5.41, 5.74) is 2.18. The molecule has 0 unspecified atom stereocenters. The normalized spacial score (nSPS) is 11.1. The number of carbonyl (C=O) groups is 2. The molecule has 0 atom stereocenters. The van der Waals surface area contributed by atoms with Crippen LogP contribution >= 0.6 is 0 Å². The molecular formula is C21H24FNO3. The third-order valence-corrected chi connectivity index (χ3v) is 4.05. The summed E-state index contributed by atoms with van der Waals surface area (Å²) < 4.78 is 18.3. The molecule has 0 spiro atoms. The van der Waals surface area contributed by atoms with Crippen LogP contribution in [0.1, 0.15) is 42.3 Å². The van der Waals surface area contributed by atoms with Crippen LogP contribution in [-0.4, -0.2) is 30.4 Å². The number of esters is 1. The molecular weight excluding hydrogens is 333 g/mol. The van der Waals surface area contributed by atoms with Crippen LogP contribution in [0, 0.1) is 5.82 Å². The summed E-state index contributed by atoms with van der Waals surface area (Å²) in [5, 5.41) is 0. The van der Waals surface area contributed by atoms with Crippen LogP contribution in [0.5, 0.6) is 0 Å². The molecule has 26 heavy (non-hydrogen) atoms. The van der Waals surface area contributed by atoms with E-state index in [1.807, 2.05) is 12.1 Å². The lowest BCUT2D eigenvalue weighted by molar-refractivity contribution is -0.133. The van der Waals surface area contributed by atoms with Gasteiger partial charge in [-0.2, -0.15) is 0 Å². The third kappa shape index (κ3) is 5.41. The topological polar surface area (TPSA) is 46.6 Å². The van der Waals surface area contributed by atoms with Crippen LogP contribution in [0.3, 0.4) is 0 Å². The van der Waals surface area contributed by atoms with Gasteiger partial charge in [0.25, 0.3) is 5.91 Å². The fourth-order valence-electron chi connectivity index (χ4n) is 2.42. The number of amides is 1. The summed E-state index contributed by atoms with van der Waals surface area (Å²) in [6, 6.07) is 13.2. The van der Waals surface area contributed by atoms with Crippen molar-refractivity contribution in [1.82, 2.24) is 4.90 Å². The van der Waals surface area contributed by atoms with Crippen molar-refractivity contribution in [3.05, 3.63) is 71.0 Å². The second kappa shape index (κ2) is 8.13. The molecule has 0 fully saturated rings. The fraction of sp³-hybridized carbons (Fsp3) is 0.333. The van der Waals surface area contributed by atoms with Gasteiger partial charge in [0.1, 0.15) is 5.82 Å². The zero-order valence-electron chi connectivity index (χ0n) is 15.6. The van der Waals surface area contributed by atoms with Crippen LogP contribution in [-0.2, 0) is 21.5 Å². The van der Waals surface area contributed by atoms with Gasteiger partial charge < -0.3 is 9.64 Å². The second-order valence-electron chi connectivity index (χ2n) is 7.28. The van der Waals surface area contributed by atoms with Crippen LogP contribution < -0.4 is 0 Å². The average Bonchev–Trinajstić information content (AvgIpc) is 2.58. The Balaban J connectivity index is 1.89. The number of hydrogen-bond donors (Lipinski definition) is 0. The van der Waals surface area contributed by atoms with E-state index >= 15 is 0 Å². The van der Waals surface area contributed by atoms with Crippen molar-refractivity contribution in [3.8, 4) is 0 Å². The lowest BCUT2D eigenvalue weighted by atomic mass is 9.87. The first-order valence-corrected chi connectivity index (χ1v) is 8.43. The number of nitrogens with zero attached hydrogens (tertiary/aromatic N) is 1. The first kappa shape index (κ1) is 19.6. The summed E-state index contributed by atoms with van der Waals surface area (Å²) in [7, 11) is 1.58. The second-order valence-corrected chi connectivity index (χ2v) is 7.28. The molecule has 0 N–H and O–H groups in total. The van der Waals surface area contributed by atoms with Gasteiger partial charge in [0.15, 0.2) is 6.61 Å². The molecule has 2 aromatic carbocycles. The first-order valence-electron chi connectivity index (χ1n) is 8.43. The largest absolute Gasteiger partial charge is 0.452 e. The van der Waals surface area contributed by atoms with E-state index in [-0.39, 0.29) is 30.3 Å². The molecule has 4 nitrogen and oxygen atoms in total. The minimum absolute atomic E-state index is 0.00196. The molecule has 0 aromatic heterocycles. The Bertz CT molecular complexity index is 779. The van der Waals surface area contributed by atoms with Crippen molar-refractivity contribution in [2.24, 2.45) is 0 Å². The molecule has 5 heteroatoms. The maximum atomic E-state index is 13.2. The number of benzene rings is 2.